The number of rotatable bonds is 4. The molecule has 1 fully saturated rings. The molecule has 0 unspecified atom stereocenters. The van der Waals surface area contributed by atoms with Gasteiger partial charge in [-0.3, -0.25) is 4.79 Å². The van der Waals surface area contributed by atoms with Gasteiger partial charge >= 0.3 is 5.97 Å². The summed E-state index contributed by atoms with van der Waals surface area (Å²) in [5.74, 6) is -1.43. The maximum Gasteiger partial charge on any atom is 0.306 e. The van der Waals surface area contributed by atoms with Crippen LogP contribution in [0.2, 0.25) is 0 Å². The van der Waals surface area contributed by atoms with Crippen LogP contribution in [0.15, 0.2) is 18.2 Å². The van der Waals surface area contributed by atoms with E-state index in [1.165, 1.54) is 6.07 Å². The molecule has 5 heteroatoms. The number of benzene rings is 1. The molecule has 0 aliphatic heterocycles. The Morgan fingerprint density at radius 1 is 1.45 bits per heavy atom. The normalized spacial score (nSPS) is 26.2. The number of aliphatic hydroxyl groups is 1. The molecule has 0 amide bonds. The molecule has 0 saturated heterocycles. The summed E-state index contributed by atoms with van der Waals surface area (Å²) >= 11 is 0. The summed E-state index contributed by atoms with van der Waals surface area (Å²) in [4.78, 5) is 10.9. The van der Waals surface area contributed by atoms with Crippen molar-refractivity contribution >= 4 is 11.7 Å². The van der Waals surface area contributed by atoms with Gasteiger partial charge in [-0.15, -0.1) is 0 Å². The van der Waals surface area contributed by atoms with Gasteiger partial charge < -0.3 is 15.5 Å². The number of carbonyl (C=O) groups is 1. The first kappa shape index (κ1) is 14.8. The van der Waals surface area contributed by atoms with Gasteiger partial charge in [-0.1, -0.05) is 6.07 Å². The summed E-state index contributed by atoms with van der Waals surface area (Å²) in [6.07, 6.45) is 1.86. The molecule has 0 atom stereocenters. The van der Waals surface area contributed by atoms with Crippen molar-refractivity contribution in [2.45, 2.75) is 38.2 Å². The van der Waals surface area contributed by atoms with E-state index in [1.54, 1.807) is 19.1 Å². The van der Waals surface area contributed by atoms with Crippen molar-refractivity contribution in [1.82, 2.24) is 0 Å². The third kappa shape index (κ3) is 3.28. The molecule has 1 aliphatic rings. The first-order valence-corrected chi connectivity index (χ1v) is 6.85. The van der Waals surface area contributed by atoms with Crippen LogP contribution in [-0.2, 0) is 4.79 Å². The lowest BCUT2D eigenvalue weighted by Crippen LogP contribution is -2.41. The molecule has 1 aliphatic carbocycles. The Kier molecular flexibility index (Phi) is 4.28. The second-order valence-corrected chi connectivity index (χ2v) is 5.60. The number of carboxylic acid groups (broad SMARTS) is 1. The Labute approximate surface area is 117 Å². The zero-order valence-electron chi connectivity index (χ0n) is 11.5. The van der Waals surface area contributed by atoms with Crippen molar-refractivity contribution in [3.8, 4) is 0 Å². The number of hydrogen-bond acceptors (Lipinski definition) is 3. The fraction of sp³-hybridized carbons (Fsp3) is 0.533. The van der Waals surface area contributed by atoms with E-state index in [1.807, 2.05) is 0 Å². The SMILES string of the molecule is Cc1c(F)cccc1NCC1(O)CCC(C(=O)O)CC1. The van der Waals surface area contributed by atoms with Crippen LogP contribution < -0.4 is 5.32 Å². The van der Waals surface area contributed by atoms with Crippen molar-refractivity contribution in [3.63, 3.8) is 0 Å². The highest BCUT2D eigenvalue weighted by atomic mass is 19.1. The second kappa shape index (κ2) is 5.79. The molecule has 0 radical (unpaired) electrons. The fourth-order valence-corrected chi connectivity index (χ4v) is 2.64. The van der Waals surface area contributed by atoms with Gasteiger partial charge in [-0.05, 0) is 44.7 Å². The molecule has 20 heavy (non-hydrogen) atoms. The Morgan fingerprint density at radius 2 is 2.10 bits per heavy atom. The molecular formula is C15H20FNO3. The lowest BCUT2D eigenvalue weighted by molar-refractivity contribution is -0.144. The largest absolute Gasteiger partial charge is 0.481 e. The van der Waals surface area contributed by atoms with Gasteiger partial charge in [-0.2, -0.15) is 0 Å². The molecule has 1 saturated carbocycles. The molecule has 1 aromatic rings. The van der Waals surface area contributed by atoms with Gasteiger partial charge in [-0.25, -0.2) is 4.39 Å². The molecule has 0 spiro atoms. The summed E-state index contributed by atoms with van der Waals surface area (Å²) in [6.45, 7) is 1.99. The lowest BCUT2D eigenvalue weighted by Gasteiger charge is -2.35. The van der Waals surface area contributed by atoms with Gasteiger partial charge in [0.2, 0.25) is 0 Å². The predicted molar refractivity (Wildman–Crippen MR) is 74.2 cm³/mol. The Balaban J connectivity index is 1.94. The number of halogens is 1. The topological polar surface area (TPSA) is 69.6 Å². The average Bonchev–Trinajstić information content (AvgIpc) is 2.41. The third-order valence-electron chi connectivity index (χ3n) is 4.14. The molecule has 2 rings (SSSR count). The van der Waals surface area contributed by atoms with Crippen LogP contribution >= 0.6 is 0 Å². The molecule has 3 N–H and O–H groups in total. The summed E-state index contributed by atoms with van der Waals surface area (Å²) < 4.78 is 13.4. The van der Waals surface area contributed by atoms with E-state index in [0.29, 0.717) is 43.5 Å². The van der Waals surface area contributed by atoms with E-state index in [0.717, 1.165) is 0 Å². The highest BCUT2D eigenvalue weighted by Gasteiger charge is 2.35. The first-order valence-electron chi connectivity index (χ1n) is 6.85. The number of nitrogens with one attached hydrogen (secondary N) is 1. The summed E-state index contributed by atoms with van der Waals surface area (Å²) in [5, 5.41) is 22.5. The maximum atomic E-state index is 13.4. The van der Waals surface area contributed by atoms with Gasteiger partial charge in [0.1, 0.15) is 5.82 Å². The number of carboxylic acids is 1. The van der Waals surface area contributed by atoms with Crippen molar-refractivity contribution in [2.75, 3.05) is 11.9 Å². The second-order valence-electron chi connectivity index (χ2n) is 5.60. The summed E-state index contributed by atoms with van der Waals surface area (Å²) in [5.41, 5.74) is 0.277. The van der Waals surface area contributed by atoms with Gasteiger partial charge in [0.25, 0.3) is 0 Å². The summed E-state index contributed by atoms with van der Waals surface area (Å²) in [6, 6.07) is 4.79. The predicted octanol–water partition coefficient (Wildman–Crippen LogP) is 2.55. The summed E-state index contributed by atoms with van der Waals surface area (Å²) in [7, 11) is 0. The smallest absolute Gasteiger partial charge is 0.306 e. The zero-order chi connectivity index (χ0) is 14.8. The quantitative estimate of drug-likeness (QED) is 0.793. The maximum absolute atomic E-state index is 13.4. The van der Waals surface area contributed by atoms with Crippen molar-refractivity contribution in [2.24, 2.45) is 5.92 Å². The molecule has 1 aromatic carbocycles. The number of hydrogen-bond donors (Lipinski definition) is 3. The van der Waals surface area contributed by atoms with Gasteiger partial charge in [0, 0.05) is 17.8 Å². The van der Waals surface area contributed by atoms with E-state index in [4.69, 9.17) is 5.11 Å². The molecule has 0 bridgehead atoms. The minimum atomic E-state index is -0.912. The van der Waals surface area contributed by atoms with Crippen molar-refractivity contribution < 1.29 is 19.4 Å². The van der Waals surface area contributed by atoms with Gasteiger partial charge in [0.15, 0.2) is 0 Å². The molecule has 0 aromatic heterocycles. The molecule has 110 valence electrons. The van der Waals surface area contributed by atoms with Gasteiger partial charge in [0.05, 0.1) is 11.5 Å². The minimum absolute atomic E-state index is 0.281. The van der Waals surface area contributed by atoms with E-state index in [9.17, 15) is 14.3 Å². The van der Waals surface area contributed by atoms with Crippen LogP contribution in [0.4, 0.5) is 10.1 Å². The standard InChI is InChI=1S/C15H20FNO3/c1-10-12(16)3-2-4-13(10)17-9-15(20)7-5-11(6-8-15)14(18)19/h2-4,11,17,20H,5-9H2,1H3,(H,18,19). The number of anilines is 1. The van der Waals surface area contributed by atoms with E-state index in [-0.39, 0.29) is 11.7 Å². The Hall–Kier alpha value is -1.62. The highest BCUT2D eigenvalue weighted by molar-refractivity contribution is 5.70. The van der Waals surface area contributed by atoms with Crippen molar-refractivity contribution in [3.05, 3.63) is 29.6 Å². The van der Waals surface area contributed by atoms with E-state index >= 15 is 0 Å². The average molecular weight is 281 g/mol. The minimum Gasteiger partial charge on any atom is -0.481 e. The van der Waals surface area contributed by atoms with Crippen LogP contribution in [0.5, 0.6) is 0 Å². The van der Waals surface area contributed by atoms with E-state index in [2.05, 4.69) is 5.32 Å². The number of aliphatic carboxylic acids is 1. The monoisotopic (exact) mass is 281 g/mol. The Morgan fingerprint density at radius 3 is 2.70 bits per heavy atom. The Bertz CT molecular complexity index is 496. The molecule has 4 nitrogen and oxygen atoms in total. The van der Waals surface area contributed by atoms with Crippen LogP contribution in [0.3, 0.4) is 0 Å². The van der Waals surface area contributed by atoms with E-state index < -0.39 is 11.6 Å². The van der Waals surface area contributed by atoms with Crippen LogP contribution in [-0.4, -0.2) is 28.3 Å². The first-order chi connectivity index (χ1) is 9.41. The van der Waals surface area contributed by atoms with Crippen LogP contribution in [0, 0.1) is 18.7 Å². The third-order valence-corrected chi connectivity index (χ3v) is 4.14. The molecular weight excluding hydrogens is 261 g/mol. The molecule has 0 heterocycles. The van der Waals surface area contributed by atoms with Crippen LogP contribution in [0.1, 0.15) is 31.2 Å². The van der Waals surface area contributed by atoms with Crippen molar-refractivity contribution in [1.29, 1.82) is 0 Å². The van der Waals surface area contributed by atoms with Crippen LogP contribution in [0.25, 0.3) is 0 Å². The zero-order valence-corrected chi connectivity index (χ0v) is 11.5. The lowest BCUT2D eigenvalue weighted by atomic mass is 9.79. The highest BCUT2D eigenvalue weighted by Crippen LogP contribution is 2.32. The fourth-order valence-electron chi connectivity index (χ4n) is 2.64.